The van der Waals surface area contributed by atoms with E-state index in [9.17, 15) is 9.59 Å². The standard InChI is InChI=1S/C17H21N3O3S/c1-2-7-18-16(21)12-5-8-20(9-6-12)17(22)13-11-14(23-19-13)15-4-3-10-24-15/h3-4,10-12H,2,5-9H2,1H3,(H,18,21). The van der Waals surface area contributed by atoms with E-state index in [1.807, 2.05) is 24.4 Å². The molecule has 2 amide bonds. The van der Waals surface area contributed by atoms with Crippen molar-refractivity contribution in [3.05, 3.63) is 29.3 Å². The fourth-order valence-corrected chi connectivity index (χ4v) is 3.48. The second-order valence-electron chi connectivity index (χ2n) is 5.91. The first-order chi connectivity index (χ1) is 11.7. The lowest BCUT2D eigenvalue weighted by atomic mass is 9.95. The average molecular weight is 347 g/mol. The lowest BCUT2D eigenvalue weighted by Gasteiger charge is -2.30. The van der Waals surface area contributed by atoms with Gasteiger partial charge in [-0.3, -0.25) is 9.59 Å². The molecule has 2 aromatic rings. The summed E-state index contributed by atoms with van der Waals surface area (Å²) in [6, 6.07) is 5.55. The molecule has 0 aliphatic carbocycles. The van der Waals surface area contributed by atoms with Crippen LogP contribution in [0.4, 0.5) is 0 Å². The van der Waals surface area contributed by atoms with Gasteiger partial charge in [-0.25, -0.2) is 0 Å². The Hall–Kier alpha value is -2.15. The van der Waals surface area contributed by atoms with Crippen LogP contribution in [0.3, 0.4) is 0 Å². The number of carbonyl (C=O) groups is 2. The summed E-state index contributed by atoms with van der Waals surface area (Å²) in [5, 5.41) is 8.78. The highest BCUT2D eigenvalue weighted by Gasteiger charge is 2.29. The van der Waals surface area contributed by atoms with Crippen LogP contribution in [0.2, 0.25) is 0 Å². The first kappa shape index (κ1) is 16.7. The third-order valence-corrected chi connectivity index (χ3v) is 5.08. The number of rotatable bonds is 5. The fourth-order valence-electron chi connectivity index (χ4n) is 2.81. The number of carbonyl (C=O) groups excluding carboxylic acids is 2. The van der Waals surface area contributed by atoms with Gasteiger partial charge in [0.05, 0.1) is 4.88 Å². The number of hydrogen-bond acceptors (Lipinski definition) is 5. The van der Waals surface area contributed by atoms with E-state index in [2.05, 4.69) is 10.5 Å². The second-order valence-corrected chi connectivity index (χ2v) is 6.86. The molecule has 1 saturated heterocycles. The normalized spacial score (nSPS) is 15.5. The summed E-state index contributed by atoms with van der Waals surface area (Å²) in [5.74, 6) is 0.584. The Morgan fingerprint density at radius 3 is 2.88 bits per heavy atom. The summed E-state index contributed by atoms with van der Waals surface area (Å²) in [6.45, 7) is 3.89. The minimum Gasteiger partial charge on any atom is -0.356 e. The highest BCUT2D eigenvalue weighted by Crippen LogP contribution is 2.26. The van der Waals surface area contributed by atoms with Crippen LogP contribution in [0.1, 0.15) is 36.7 Å². The monoisotopic (exact) mass is 347 g/mol. The molecule has 1 fully saturated rings. The van der Waals surface area contributed by atoms with Gasteiger partial charge >= 0.3 is 0 Å². The summed E-state index contributed by atoms with van der Waals surface area (Å²) in [5.41, 5.74) is 0.326. The molecule has 1 aliphatic rings. The summed E-state index contributed by atoms with van der Waals surface area (Å²) in [4.78, 5) is 27.2. The van der Waals surface area contributed by atoms with Crippen molar-refractivity contribution in [2.75, 3.05) is 19.6 Å². The van der Waals surface area contributed by atoms with Crippen LogP contribution < -0.4 is 5.32 Å². The number of piperidine rings is 1. The predicted molar refractivity (Wildman–Crippen MR) is 91.7 cm³/mol. The van der Waals surface area contributed by atoms with Gasteiger partial charge < -0.3 is 14.7 Å². The number of aromatic nitrogens is 1. The van der Waals surface area contributed by atoms with Crippen molar-refractivity contribution >= 4 is 23.2 Å². The Morgan fingerprint density at radius 1 is 1.42 bits per heavy atom. The van der Waals surface area contributed by atoms with Crippen molar-refractivity contribution in [3.63, 3.8) is 0 Å². The molecular weight excluding hydrogens is 326 g/mol. The number of thiophene rings is 1. The molecule has 2 aromatic heterocycles. The van der Waals surface area contributed by atoms with Gasteiger partial charge in [0.15, 0.2) is 11.5 Å². The molecule has 3 heterocycles. The first-order valence-electron chi connectivity index (χ1n) is 8.26. The number of amides is 2. The molecule has 1 N–H and O–H groups in total. The number of nitrogens with one attached hydrogen (secondary N) is 1. The number of hydrogen-bond donors (Lipinski definition) is 1. The minimum absolute atomic E-state index is 0.000381. The molecule has 128 valence electrons. The smallest absolute Gasteiger partial charge is 0.276 e. The van der Waals surface area contributed by atoms with Crippen LogP contribution in [0.25, 0.3) is 10.6 Å². The lowest BCUT2D eigenvalue weighted by molar-refractivity contribution is -0.126. The van der Waals surface area contributed by atoms with E-state index in [4.69, 9.17) is 4.52 Å². The van der Waals surface area contributed by atoms with Crippen molar-refractivity contribution in [1.29, 1.82) is 0 Å². The highest BCUT2D eigenvalue weighted by atomic mass is 32.1. The maximum absolute atomic E-state index is 12.5. The molecule has 0 spiro atoms. The molecule has 6 nitrogen and oxygen atoms in total. The van der Waals surface area contributed by atoms with Crippen molar-refractivity contribution in [1.82, 2.24) is 15.4 Å². The molecule has 0 bridgehead atoms. The molecule has 24 heavy (non-hydrogen) atoms. The molecule has 0 unspecified atom stereocenters. The molecule has 7 heteroatoms. The van der Waals surface area contributed by atoms with Crippen LogP contribution in [0, 0.1) is 5.92 Å². The Balaban J connectivity index is 1.56. The molecule has 0 atom stereocenters. The van der Waals surface area contributed by atoms with E-state index < -0.39 is 0 Å². The van der Waals surface area contributed by atoms with Gasteiger partial charge in [0.1, 0.15) is 0 Å². The highest BCUT2D eigenvalue weighted by molar-refractivity contribution is 7.13. The van der Waals surface area contributed by atoms with Crippen LogP contribution >= 0.6 is 11.3 Å². The van der Waals surface area contributed by atoms with E-state index >= 15 is 0 Å². The first-order valence-corrected chi connectivity index (χ1v) is 9.14. The van der Waals surface area contributed by atoms with E-state index in [0.29, 0.717) is 43.9 Å². The van der Waals surface area contributed by atoms with Crippen LogP contribution in [-0.2, 0) is 4.79 Å². The zero-order valence-electron chi connectivity index (χ0n) is 13.7. The predicted octanol–water partition coefficient (Wildman–Crippen LogP) is 2.78. The molecular formula is C17H21N3O3S. The quantitative estimate of drug-likeness (QED) is 0.902. The van der Waals surface area contributed by atoms with E-state index in [1.54, 1.807) is 22.3 Å². The largest absolute Gasteiger partial charge is 0.356 e. The zero-order chi connectivity index (χ0) is 16.9. The molecule has 0 aromatic carbocycles. The molecule has 0 radical (unpaired) electrons. The van der Waals surface area contributed by atoms with Crippen molar-refractivity contribution < 1.29 is 14.1 Å². The Morgan fingerprint density at radius 2 is 2.21 bits per heavy atom. The van der Waals surface area contributed by atoms with E-state index in [-0.39, 0.29) is 17.7 Å². The third-order valence-electron chi connectivity index (χ3n) is 4.20. The van der Waals surface area contributed by atoms with Crippen molar-refractivity contribution in [2.45, 2.75) is 26.2 Å². The minimum atomic E-state index is -0.131. The lowest BCUT2D eigenvalue weighted by Crippen LogP contribution is -2.43. The fraction of sp³-hybridized carbons (Fsp3) is 0.471. The van der Waals surface area contributed by atoms with E-state index in [0.717, 1.165) is 11.3 Å². The van der Waals surface area contributed by atoms with Gasteiger partial charge in [0, 0.05) is 31.6 Å². The van der Waals surface area contributed by atoms with Gasteiger partial charge in [-0.2, -0.15) is 0 Å². The third kappa shape index (κ3) is 3.67. The van der Waals surface area contributed by atoms with Gasteiger partial charge in [-0.1, -0.05) is 18.1 Å². The number of likely N-dealkylation sites (tertiary alicyclic amines) is 1. The molecule has 1 aliphatic heterocycles. The van der Waals surface area contributed by atoms with Gasteiger partial charge in [-0.05, 0) is 30.7 Å². The van der Waals surface area contributed by atoms with Crippen molar-refractivity contribution in [3.8, 4) is 10.6 Å². The number of nitrogens with zero attached hydrogens (tertiary/aromatic N) is 2. The van der Waals surface area contributed by atoms with Crippen LogP contribution in [-0.4, -0.2) is 41.5 Å². The van der Waals surface area contributed by atoms with Gasteiger partial charge in [0.2, 0.25) is 5.91 Å². The Kier molecular flexibility index (Phi) is 5.30. The molecule has 3 rings (SSSR count). The average Bonchev–Trinajstić information content (AvgIpc) is 3.30. The van der Waals surface area contributed by atoms with Crippen LogP contribution in [0.15, 0.2) is 28.1 Å². The SMILES string of the molecule is CCCNC(=O)C1CCN(C(=O)c2cc(-c3cccs3)on2)CC1. The van der Waals surface area contributed by atoms with Gasteiger partial charge in [0.25, 0.3) is 5.91 Å². The summed E-state index contributed by atoms with van der Waals surface area (Å²) in [6.07, 6.45) is 2.32. The summed E-state index contributed by atoms with van der Waals surface area (Å²) in [7, 11) is 0. The van der Waals surface area contributed by atoms with Crippen molar-refractivity contribution in [2.24, 2.45) is 5.92 Å². The Bertz CT molecular complexity index is 688. The maximum atomic E-state index is 12.5. The Labute approximate surface area is 144 Å². The van der Waals surface area contributed by atoms with Crippen LogP contribution in [0.5, 0.6) is 0 Å². The van der Waals surface area contributed by atoms with Gasteiger partial charge in [-0.15, -0.1) is 11.3 Å². The maximum Gasteiger partial charge on any atom is 0.276 e. The summed E-state index contributed by atoms with van der Waals surface area (Å²) >= 11 is 1.54. The van der Waals surface area contributed by atoms with E-state index in [1.165, 1.54) is 0 Å². The second kappa shape index (κ2) is 7.61. The topological polar surface area (TPSA) is 75.4 Å². The zero-order valence-corrected chi connectivity index (χ0v) is 14.5. The summed E-state index contributed by atoms with van der Waals surface area (Å²) < 4.78 is 5.27. The molecule has 0 saturated carbocycles.